The van der Waals surface area contributed by atoms with Gasteiger partial charge in [0.25, 0.3) is 5.91 Å². The summed E-state index contributed by atoms with van der Waals surface area (Å²) in [7, 11) is 0. The fraction of sp³-hybridized carbons (Fsp3) is 0.500. The quantitative estimate of drug-likeness (QED) is 0.637. The van der Waals surface area contributed by atoms with E-state index in [4.69, 9.17) is 5.73 Å². The van der Waals surface area contributed by atoms with E-state index in [2.05, 4.69) is 17.6 Å². The molecule has 7 heteroatoms. The van der Waals surface area contributed by atoms with Crippen LogP contribution in [0.5, 0.6) is 0 Å². The number of hydrogen-bond acceptors (Lipinski definition) is 5. The summed E-state index contributed by atoms with van der Waals surface area (Å²) in [6.07, 6.45) is 0.654. The normalized spacial score (nSPS) is 21.3. The first-order valence-electron chi connectivity index (χ1n) is 8.67. The van der Waals surface area contributed by atoms with E-state index in [1.165, 1.54) is 0 Å². The van der Waals surface area contributed by atoms with Crippen molar-refractivity contribution >= 4 is 17.7 Å². The Labute approximate surface area is 146 Å². The number of nitrogens with zero attached hydrogens (tertiary/aromatic N) is 1. The lowest BCUT2D eigenvalue weighted by Crippen LogP contribution is -2.52. The Kier molecular flexibility index (Phi) is 5.15. The van der Waals surface area contributed by atoms with Gasteiger partial charge in [0.05, 0.1) is 0 Å². The molecule has 2 aliphatic heterocycles. The molecule has 1 fully saturated rings. The molecule has 1 aromatic carbocycles. The Bertz CT molecular complexity index is 704. The van der Waals surface area contributed by atoms with Crippen LogP contribution in [0.25, 0.3) is 0 Å². The average molecular weight is 344 g/mol. The number of rotatable bonds is 6. The van der Waals surface area contributed by atoms with Gasteiger partial charge in [0.1, 0.15) is 6.04 Å². The number of benzene rings is 1. The van der Waals surface area contributed by atoms with Crippen LogP contribution in [0.1, 0.15) is 41.3 Å². The smallest absolute Gasteiger partial charge is 0.255 e. The van der Waals surface area contributed by atoms with Crippen LogP contribution in [0, 0.1) is 5.92 Å². The first-order valence-corrected chi connectivity index (χ1v) is 8.67. The molecule has 2 heterocycles. The highest BCUT2D eigenvalue weighted by atomic mass is 16.2. The maximum atomic E-state index is 12.6. The Balaban J connectivity index is 1.67. The Morgan fingerprint density at radius 1 is 1.36 bits per heavy atom. The zero-order valence-corrected chi connectivity index (χ0v) is 14.4. The van der Waals surface area contributed by atoms with E-state index in [1.54, 1.807) is 4.90 Å². The number of piperidine rings is 1. The molecule has 1 aromatic rings. The Morgan fingerprint density at radius 3 is 2.88 bits per heavy atom. The van der Waals surface area contributed by atoms with Gasteiger partial charge >= 0.3 is 0 Å². The molecule has 3 amide bonds. The zero-order valence-electron chi connectivity index (χ0n) is 14.4. The summed E-state index contributed by atoms with van der Waals surface area (Å²) in [4.78, 5) is 37.5. The highest BCUT2D eigenvalue weighted by Crippen LogP contribution is 2.28. The lowest BCUT2D eigenvalue weighted by molar-refractivity contribution is -0.136. The van der Waals surface area contributed by atoms with Gasteiger partial charge in [0, 0.05) is 25.1 Å². The highest BCUT2D eigenvalue weighted by molar-refractivity contribution is 6.05. The molecule has 0 saturated carbocycles. The third-order valence-electron chi connectivity index (χ3n) is 4.81. The molecule has 25 heavy (non-hydrogen) atoms. The first kappa shape index (κ1) is 17.6. The van der Waals surface area contributed by atoms with Crippen LogP contribution in [0.15, 0.2) is 18.2 Å². The molecule has 134 valence electrons. The summed E-state index contributed by atoms with van der Waals surface area (Å²) in [6.45, 7) is 4.70. The topological polar surface area (TPSA) is 105 Å². The van der Waals surface area contributed by atoms with E-state index in [0.717, 1.165) is 17.7 Å². The lowest BCUT2D eigenvalue weighted by Gasteiger charge is -2.29. The van der Waals surface area contributed by atoms with Crippen molar-refractivity contribution in [3.63, 3.8) is 0 Å². The van der Waals surface area contributed by atoms with E-state index < -0.39 is 6.04 Å². The number of nitrogens with one attached hydrogen (secondary N) is 2. The molecule has 0 aliphatic carbocycles. The molecular formula is C18H24N4O3. The molecule has 1 saturated heterocycles. The maximum absolute atomic E-state index is 12.6. The van der Waals surface area contributed by atoms with Crippen molar-refractivity contribution in [1.82, 2.24) is 15.5 Å². The van der Waals surface area contributed by atoms with Gasteiger partial charge in [0.2, 0.25) is 11.8 Å². The van der Waals surface area contributed by atoms with Crippen LogP contribution in [-0.4, -0.2) is 41.8 Å². The summed E-state index contributed by atoms with van der Waals surface area (Å²) >= 11 is 0. The number of carbonyl (C=O) groups is 3. The number of fused-ring (bicyclic) bond motifs is 1. The SMILES string of the molecule is C[C@H](CN)CNCc1ccc2c(c1)CN(C1CCC(=O)NC1=O)C2=O. The van der Waals surface area contributed by atoms with Crippen molar-refractivity contribution in [2.75, 3.05) is 13.1 Å². The molecule has 0 bridgehead atoms. The van der Waals surface area contributed by atoms with Crippen LogP contribution in [0.4, 0.5) is 0 Å². The number of amides is 3. The van der Waals surface area contributed by atoms with Crippen LogP contribution in [0.3, 0.4) is 0 Å². The Hall–Kier alpha value is -2.25. The predicted molar refractivity (Wildman–Crippen MR) is 92.4 cm³/mol. The molecule has 3 rings (SSSR count). The zero-order chi connectivity index (χ0) is 18.0. The van der Waals surface area contributed by atoms with E-state index >= 15 is 0 Å². The number of imide groups is 1. The van der Waals surface area contributed by atoms with Crippen LogP contribution in [-0.2, 0) is 22.7 Å². The van der Waals surface area contributed by atoms with Crippen LogP contribution < -0.4 is 16.4 Å². The third-order valence-corrected chi connectivity index (χ3v) is 4.81. The van der Waals surface area contributed by atoms with Crippen molar-refractivity contribution in [3.05, 3.63) is 34.9 Å². The molecule has 4 N–H and O–H groups in total. The van der Waals surface area contributed by atoms with Gasteiger partial charge in [-0.05, 0) is 42.6 Å². The second kappa shape index (κ2) is 7.33. The summed E-state index contributed by atoms with van der Waals surface area (Å²) in [5, 5.41) is 5.68. The van der Waals surface area contributed by atoms with Crippen molar-refractivity contribution in [2.45, 2.75) is 38.9 Å². The van der Waals surface area contributed by atoms with Gasteiger partial charge < -0.3 is 16.0 Å². The van der Waals surface area contributed by atoms with Gasteiger partial charge in [-0.15, -0.1) is 0 Å². The minimum atomic E-state index is -0.565. The van der Waals surface area contributed by atoms with Crippen molar-refractivity contribution in [3.8, 4) is 0 Å². The number of carbonyl (C=O) groups excluding carboxylic acids is 3. The molecule has 2 atom stereocenters. The number of hydrogen-bond donors (Lipinski definition) is 3. The van der Waals surface area contributed by atoms with Gasteiger partial charge in [-0.2, -0.15) is 0 Å². The minimum Gasteiger partial charge on any atom is -0.330 e. The summed E-state index contributed by atoms with van der Waals surface area (Å²) in [5.74, 6) is -0.375. The number of nitrogens with two attached hydrogens (primary N) is 1. The largest absolute Gasteiger partial charge is 0.330 e. The molecule has 0 aromatic heterocycles. The second-order valence-electron chi connectivity index (χ2n) is 6.86. The van der Waals surface area contributed by atoms with E-state index in [9.17, 15) is 14.4 Å². The van der Waals surface area contributed by atoms with Gasteiger partial charge in [-0.25, -0.2) is 0 Å². The average Bonchev–Trinajstić information content (AvgIpc) is 2.91. The molecule has 1 unspecified atom stereocenters. The standard InChI is InChI=1S/C18H24N4O3/c1-11(7-19)8-20-9-12-2-3-14-13(6-12)10-22(18(14)25)15-4-5-16(23)21-17(15)24/h2-3,6,11,15,20H,4-5,7-10,19H2,1H3,(H,21,23,24)/t11-,15?/m1/s1. The maximum Gasteiger partial charge on any atom is 0.255 e. The fourth-order valence-corrected chi connectivity index (χ4v) is 3.28. The first-order chi connectivity index (χ1) is 12.0. The molecule has 7 nitrogen and oxygen atoms in total. The van der Waals surface area contributed by atoms with Crippen molar-refractivity contribution in [1.29, 1.82) is 0 Å². The molecular weight excluding hydrogens is 320 g/mol. The van der Waals surface area contributed by atoms with Gasteiger partial charge in [-0.3, -0.25) is 19.7 Å². The fourth-order valence-electron chi connectivity index (χ4n) is 3.28. The second-order valence-corrected chi connectivity index (χ2v) is 6.86. The summed E-state index contributed by atoms with van der Waals surface area (Å²) < 4.78 is 0. The summed E-state index contributed by atoms with van der Waals surface area (Å²) in [5.41, 5.74) is 8.28. The Morgan fingerprint density at radius 2 is 2.16 bits per heavy atom. The van der Waals surface area contributed by atoms with E-state index in [1.807, 2.05) is 18.2 Å². The van der Waals surface area contributed by atoms with E-state index in [0.29, 0.717) is 37.5 Å². The van der Waals surface area contributed by atoms with Crippen LogP contribution in [0.2, 0.25) is 0 Å². The van der Waals surface area contributed by atoms with Gasteiger partial charge in [-0.1, -0.05) is 19.1 Å². The van der Waals surface area contributed by atoms with Crippen LogP contribution >= 0.6 is 0 Å². The molecule has 2 aliphatic rings. The minimum absolute atomic E-state index is 0.138. The van der Waals surface area contributed by atoms with Gasteiger partial charge in [0.15, 0.2) is 0 Å². The molecule has 0 spiro atoms. The lowest BCUT2D eigenvalue weighted by atomic mass is 10.0. The highest BCUT2D eigenvalue weighted by Gasteiger charge is 2.38. The third kappa shape index (κ3) is 3.72. The molecule has 0 radical (unpaired) electrons. The van der Waals surface area contributed by atoms with Crippen molar-refractivity contribution < 1.29 is 14.4 Å². The van der Waals surface area contributed by atoms with E-state index in [-0.39, 0.29) is 24.1 Å². The monoisotopic (exact) mass is 344 g/mol. The predicted octanol–water partition coefficient (Wildman–Crippen LogP) is 0.132. The summed E-state index contributed by atoms with van der Waals surface area (Å²) in [6, 6.07) is 5.21. The van der Waals surface area contributed by atoms with Crippen molar-refractivity contribution in [2.24, 2.45) is 11.7 Å².